The van der Waals surface area contributed by atoms with Gasteiger partial charge in [-0.05, 0) is 18.4 Å². The van der Waals surface area contributed by atoms with Crippen molar-refractivity contribution in [1.82, 2.24) is 4.57 Å². The van der Waals surface area contributed by atoms with Crippen molar-refractivity contribution < 1.29 is 9.59 Å². The lowest BCUT2D eigenvalue weighted by Crippen LogP contribution is -2.22. The Morgan fingerprint density at radius 3 is 2.10 bits per heavy atom. The summed E-state index contributed by atoms with van der Waals surface area (Å²) in [5.41, 5.74) is 4.17. The van der Waals surface area contributed by atoms with E-state index >= 15 is 0 Å². The van der Waals surface area contributed by atoms with Crippen molar-refractivity contribution in [3.8, 4) is 0 Å². The number of ketones is 2. The molecule has 3 heteroatoms. The summed E-state index contributed by atoms with van der Waals surface area (Å²) in [5.74, 6) is 0.141. The van der Waals surface area contributed by atoms with Crippen LogP contribution >= 0.6 is 0 Å². The zero-order valence-electron chi connectivity index (χ0n) is 12.2. The summed E-state index contributed by atoms with van der Waals surface area (Å²) in [6.45, 7) is 6.08. The van der Waals surface area contributed by atoms with Gasteiger partial charge in [-0.1, -0.05) is 38.1 Å². The molecule has 0 aliphatic heterocycles. The molecule has 20 heavy (non-hydrogen) atoms. The van der Waals surface area contributed by atoms with Gasteiger partial charge in [0.1, 0.15) is 5.69 Å². The van der Waals surface area contributed by atoms with Gasteiger partial charge in [-0.25, -0.2) is 0 Å². The molecule has 2 aromatic rings. The highest BCUT2D eigenvalue weighted by Crippen LogP contribution is 2.35. The number of aromatic nitrogens is 1. The molecule has 0 bridgehead atoms. The molecule has 3 nitrogen and oxygen atoms in total. The highest BCUT2D eigenvalue weighted by atomic mass is 16.1. The summed E-state index contributed by atoms with van der Waals surface area (Å²) in [5, 5.41) is 0. The lowest BCUT2D eigenvalue weighted by molar-refractivity contribution is 0.0973. The second-order valence-electron chi connectivity index (χ2n) is 5.64. The Kier molecular flexibility index (Phi) is 2.68. The number of fused-ring (bicyclic) bond motifs is 2. The molecular weight excluding hydrogens is 250 g/mol. The molecule has 0 atom stereocenters. The molecule has 0 spiro atoms. The van der Waals surface area contributed by atoms with E-state index in [-0.39, 0.29) is 17.5 Å². The molecule has 0 N–H and O–H groups in total. The lowest BCUT2D eigenvalue weighted by atomic mass is 9.84. The first kappa shape index (κ1) is 12.9. The SMILES string of the molecule is Cc1c(C(C)C)c2c(n1C)C(=O)c1ccccc1C2=O. The lowest BCUT2D eigenvalue weighted by Gasteiger charge is -2.17. The van der Waals surface area contributed by atoms with Gasteiger partial charge >= 0.3 is 0 Å². The van der Waals surface area contributed by atoms with Crippen LogP contribution in [-0.4, -0.2) is 16.1 Å². The number of nitrogens with zero attached hydrogens (tertiary/aromatic N) is 1. The number of carbonyl (C=O) groups is 2. The van der Waals surface area contributed by atoms with Crippen molar-refractivity contribution in [1.29, 1.82) is 0 Å². The number of rotatable bonds is 1. The van der Waals surface area contributed by atoms with Crippen LogP contribution in [0.15, 0.2) is 24.3 Å². The van der Waals surface area contributed by atoms with E-state index < -0.39 is 0 Å². The molecular formula is C17H17NO2. The Morgan fingerprint density at radius 1 is 1.00 bits per heavy atom. The third-order valence-corrected chi connectivity index (χ3v) is 4.17. The third kappa shape index (κ3) is 1.46. The van der Waals surface area contributed by atoms with Gasteiger partial charge in [0.2, 0.25) is 5.78 Å². The van der Waals surface area contributed by atoms with E-state index in [0.717, 1.165) is 11.3 Å². The fourth-order valence-corrected chi connectivity index (χ4v) is 3.17. The normalized spacial score (nSPS) is 13.7. The van der Waals surface area contributed by atoms with E-state index in [1.165, 1.54) is 0 Å². The minimum Gasteiger partial charge on any atom is -0.344 e. The van der Waals surface area contributed by atoms with E-state index in [0.29, 0.717) is 22.4 Å². The van der Waals surface area contributed by atoms with Crippen molar-refractivity contribution in [3.63, 3.8) is 0 Å². The van der Waals surface area contributed by atoms with Crippen LogP contribution in [-0.2, 0) is 7.05 Å². The van der Waals surface area contributed by atoms with E-state index in [1.54, 1.807) is 24.3 Å². The Hall–Kier alpha value is -2.16. The fourth-order valence-electron chi connectivity index (χ4n) is 3.17. The smallest absolute Gasteiger partial charge is 0.210 e. The van der Waals surface area contributed by atoms with Gasteiger partial charge in [-0.3, -0.25) is 9.59 Å². The molecule has 0 amide bonds. The molecule has 0 saturated heterocycles. The number of benzene rings is 1. The van der Waals surface area contributed by atoms with E-state index in [2.05, 4.69) is 13.8 Å². The molecule has 1 aromatic heterocycles. The van der Waals surface area contributed by atoms with Crippen molar-refractivity contribution in [3.05, 3.63) is 57.9 Å². The van der Waals surface area contributed by atoms with Crippen LogP contribution in [0.1, 0.15) is 63.0 Å². The zero-order chi connectivity index (χ0) is 14.6. The summed E-state index contributed by atoms with van der Waals surface area (Å²) >= 11 is 0. The molecule has 0 saturated carbocycles. The van der Waals surface area contributed by atoms with Crippen LogP contribution in [0.4, 0.5) is 0 Å². The molecule has 102 valence electrons. The average molecular weight is 267 g/mol. The van der Waals surface area contributed by atoms with Crippen molar-refractivity contribution in [2.24, 2.45) is 7.05 Å². The van der Waals surface area contributed by atoms with E-state index in [9.17, 15) is 9.59 Å². The van der Waals surface area contributed by atoms with Gasteiger partial charge in [-0.2, -0.15) is 0 Å². The predicted octanol–water partition coefficient (Wildman–Crippen LogP) is 3.23. The molecule has 0 unspecified atom stereocenters. The monoisotopic (exact) mass is 267 g/mol. The molecule has 3 rings (SSSR count). The number of hydrogen-bond acceptors (Lipinski definition) is 2. The van der Waals surface area contributed by atoms with Gasteiger partial charge in [-0.15, -0.1) is 0 Å². The van der Waals surface area contributed by atoms with Crippen LogP contribution in [0.2, 0.25) is 0 Å². The quantitative estimate of drug-likeness (QED) is 0.679. The first-order chi connectivity index (χ1) is 9.45. The Labute approximate surface area is 118 Å². The van der Waals surface area contributed by atoms with Crippen molar-refractivity contribution >= 4 is 11.6 Å². The van der Waals surface area contributed by atoms with Crippen LogP contribution in [0.5, 0.6) is 0 Å². The largest absolute Gasteiger partial charge is 0.344 e. The van der Waals surface area contributed by atoms with Crippen LogP contribution < -0.4 is 0 Å². The molecule has 1 aromatic carbocycles. The first-order valence-electron chi connectivity index (χ1n) is 6.82. The molecule has 1 aliphatic rings. The minimum atomic E-state index is -0.0484. The maximum atomic E-state index is 12.8. The van der Waals surface area contributed by atoms with Gasteiger partial charge in [0.05, 0.1) is 5.56 Å². The average Bonchev–Trinajstić information content (AvgIpc) is 2.69. The van der Waals surface area contributed by atoms with E-state index in [1.807, 2.05) is 18.5 Å². The maximum absolute atomic E-state index is 12.8. The van der Waals surface area contributed by atoms with Gasteiger partial charge in [0, 0.05) is 23.9 Å². The highest BCUT2D eigenvalue weighted by Gasteiger charge is 2.36. The van der Waals surface area contributed by atoms with Crippen molar-refractivity contribution in [2.45, 2.75) is 26.7 Å². The van der Waals surface area contributed by atoms with Crippen LogP contribution in [0, 0.1) is 6.92 Å². The van der Waals surface area contributed by atoms with Crippen molar-refractivity contribution in [2.75, 3.05) is 0 Å². The second-order valence-corrected chi connectivity index (χ2v) is 5.64. The topological polar surface area (TPSA) is 39.1 Å². The molecule has 0 fully saturated rings. The predicted molar refractivity (Wildman–Crippen MR) is 77.5 cm³/mol. The summed E-state index contributed by atoms with van der Waals surface area (Å²) < 4.78 is 1.86. The van der Waals surface area contributed by atoms with Crippen LogP contribution in [0.3, 0.4) is 0 Å². The summed E-state index contributed by atoms with van der Waals surface area (Å²) in [6.07, 6.45) is 0. The fraction of sp³-hybridized carbons (Fsp3) is 0.294. The second kappa shape index (κ2) is 4.17. The van der Waals surface area contributed by atoms with Gasteiger partial charge < -0.3 is 4.57 Å². The first-order valence-corrected chi connectivity index (χ1v) is 6.82. The third-order valence-electron chi connectivity index (χ3n) is 4.17. The maximum Gasteiger partial charge on any atom is 0.210 e. The number of carbonyl (C=O) groups excluding carboxylic acids is 2. The Morgan fingerprint density at radius 2 is 1.55 bits per heavy atom. The summed E-state index contributed by atoms with van der Waals surface area (Å²) in [4.78, 5) is 25.5. The Bertz CT molecular complexity index is 751. The van der Waals surface area contributed by atoms with Crippen LogP contribution in [0.25, 0.3) is 0 Å². The van der Waals surface area contributed by atoms with Gasteiger partial charge in [0.15, 0.2) is 5.78 Å². The van der Waals surface area contributed by atoms with Gasteiger partial charge in [0.25, 0.3) is 0 Å². The minimum absolute atomic E-state index is 0.0254. The summed E-state index contributed by atoms with van der Waals surface area (Å²) in [6, 6.07) is 7.08. The molecule has 0 radical (unpaired) electrons. The molecule has 1 heterocycles. The zero-order valence-corrected chi connectivity index (χ0v) is 12.2. The summed E-state index contributed by atoms with van der Waals surface area (Å²) in [7, 11) is 1.86. The highest BCUT2D eigenvalue weighted by molar-refractivity contribution is 6.28. The Balaban J connectivity index is 2.40. The van der Waals surface area contributed by atoms with E-state index in [4.69, 9.17) is 0 Å². The molecule has 1 aliphatic carbocycles. The number of hydrogen-bond donors (Lipinski definition) is 0. The standard InChI is InChI=1S/C17H17NO2/c1-9(2)13-10(3)18(4)15-14(13)16(19)11-7-5-6-8-12(11)17(15)20/h5-9H,1-4H3.